The number of carbonyl (C=O) groups excluding carboxylic acids is 1. The second-order valence-electron chi connectivity index (χ2n) is 5.71. The highest BCUT2D eigenvalue weighted by Gasteiger charge is 2.17. The Balaban J connectivity index is 1.56. The Morgan fingerprint density at radius 1 is 1.17 bits per heavy atom. The number of carbonyl (C=O) groups is 1. The van der Waals surface area contributed by atoms with E-state index in [2.05, 4.69) is 17.4 Å². The van der Waals surface area contributed by atoms with Crippen LogP contribution >= 0.6 is 23.5 Å². The molecular weight excluding hydrogens is 338 g/mol. The van der Waals surface area contributed by atoms with Gasteiger partial charge in [0.2, 0.25) is 0 Å². The molecule has 1 saturated heterocycles. The van der Waals surface area contributed by atoms with E-state index in [-0.39, 0.29) is 12.5 Å². The topological polar surface area (TPSA) is 38.3 Å². The van der Waals surface area contributed by atoms with Gasteiger partial charge in [0.1, 0.15) is 5.75 Å². The lowest BCUT2D eigenvalue weighted by atomic mass is 10.2. The van der Waals surface area contributed by atoms with E-state index in [1.165, 1.54) is 23.5 Å². The Labute approximate surface area is 151 Å². The van der Waals surface area contributed by atoms with E-state index in [9.17, 15) is 4.79 Å². The average Bonchev–Trinajstić information content (AvgIpc) is 2.61. The first-order valence-electron chi connectivity index (χ1n) is 8.03. The summed E-state index contributed by atoms with van der Waals surface area (Å²) in [5.41, 5.74) is 3.21. The highest BCUT2D eigenvalue weighted by molar-refractivity contribution is 8.16. The van der Waals surface area contributed by atoms with Crippen LogP contribution in [0.2, 0.25) is 0 Å². The number of anilines is 1. The SMILES string of the molecule is Cc1cccc(OCC(=O)Nc2cccc(C3SCCCS3)c2)c1. The van der Waals surface area contributed by atoms with Crippen LogP contribution in [-0.4, -0.2) is 24.0 Å². The molecule has 0 radical (unpaired) electrons. The van der Waals surface area contributed by atoms with Crippen molar-refractivity contribution in [2.24, 2.45) is 0 Å². The monoisotopic (exact) mass is 359 g/mol. The van der Waals surface area contributed by atoms with Gasteiger partial charge in [-0.2, -0.15) is 0 Å². The molecule has 0 unspecified atom stereocenters. The number of rotatable bonds is 5. The van der Waals surface area contributed by atoms with Crippen LogP contribution in [0.1, 0.15) is 22.1 Å². The Kier molecular flexibility index (Phi) is 6.10. The third-order valence-electron chi connectivity index (χ3n) is 3.63. The van der Waals surface area contributed by atoms with Gasteiger partial charge in [-0.15, -0.1) is 23.5 Å². The zero-order valence-electron chi connectivity index (χ0n) is 13.7. The van der Waals surface area contributed by atoms with Gasteiger partial charge in [0.05, 0.1) is 4.58 Å². The minimum absolute atomic E-state index is 0.0145. The number of benzene rings is 2. The maximum Gasteiger partial charge on any atom is 0.262 e. The summed E-state index contributed by atoms with van der Waals surface area (Å²) in [4.78, 5) is 12.1. The number of ether oxygens (including phenoxy) is 1. The van der Waals surface area contributed by atoms with Crippen LogP contribution in [0.3, 0.4) is 0 Å². The lowest BCUT2D eigenvalue weighted by molar-refractivity contribution is -0.118. The van der Waals surface area contributed by atoms with Gasteiger partial charge >= 0.3 is 0 Å². The molecule has 3 rings (SSSR count). The fourth-order valence-electron chi connectivity index (χ4n) is 2.49. The molecule has 1 amide bonds. The Bertz CT molecular complexity index is 699. The van der Waals surface area contributed by atoms with Crippen molar-refractivity contribution in [2.75, 3.05) is 23.4 Å². The molecule has 0 aromatic heterocycles. The maximum atomic E-state index is 12.1. The summed E-state index contributed by atoms with van der Waals surface area (Å²) >= 11 is 3.96. The van der Waals surface area contributed by atoms with E-state index in [0.29, 0.717) is 10.3 Å². The van der Waals surface area contributed by atoms with Crippen molar-refractivity contribution < 1.29 is 9.53 Å². The Morgan fingerprint density at radius 2 is 1.96 bits per heavy atom. The van der Waals surface area contributed by atoms with Crippen LogP contribution < -0.4 is 10.1 Å². The largest absolute Gasteiger partial charge is 0.484 e. The summed E-state index contributed by atoms with van der Waals surface area (Å²) in [6.07, 6.45) is 1.28. The van der Waals surface area contributed by atoms with Crippen molar-refractivity contribution in [3.63, 3.8) is 0 Å². The van der Waals surface area contributed by atoms with Crippen LogP contribution in [0.5, 0.6) is 5.75 Å². The van der Waals surface area contributed by atoms with Gasteiger partial charge in [-0.1, -0.05) is 24.3 Å². The molecule has 0 aliphatic carbocycles. The first-order valence-corrected chi connectivity index (χ1v) is 10.1. The molecule has 0 saturated carbocycles. The van der Waals surface area contributed by atoms with Crippen molar-refractivity contribution in [1.82, 2.24) is 0 Å². The van der Waals surface area contributed by atoms with Crippen molar-refractivity contribution in [3.8, 4) is 5.75 Å². The molecule has 0 atom stereocenters. The van der Waals surface area contributed by atoms with Crippen molar-refractivity contribution in [1.29, 1.82) is 0 Å². The van der Waals surface area contributed by atoms with Crippen molar-refractivity contribution in [2.45, 2.75) is 17.9 Å². The molecule has 5 heteroatoms. The fourth-order valence-corrected chi connectivity index (χ4v) is 5.37. The van der Waals surface area contributed by atoms with Crippen molar-refractivity contribution in [3.05, 3.63) is 59.7 Å². The summed E-state index contributed by atoms with van der Waals surface area (Å²) in [6.45, 7) is 2.01. The van der Waals surface area contributed by atoms with Crippen molar-refractivity contribution >= 4 is 35.1 Å². The normalized spacial score (nSPS) is 15.0. The highest BCUT2D eigenvalue weighted by Crippen LogP contribution is 2.43. The van der Waals surface area contributed by atoms with E-state index in [1.54, 1.807) is 0 Å². The predicted octanol–water partition coefficient (Wildman–Crippen LogP) is 4.88. The molecule has 3 nitrogen and oxygen atoms in total. The van der Waals surface area contributed by atoms with Gasteiger partial charge in [0, 0.05) is 5.69 Å². The quantitative estimate of drug-likeness (QED) is 0.825. The highest BCUT2D eigenvalue weighted by atomic mass is 32.2. The Hall–Kier alpha value is -1.59. The zero-order valence-corrected chi connectivity index (χ0v) is 15.3. The predicted molar refractivity (Wildman–Crippen MR) is 104 cm³/mol. The number of aryl methyl sites for hydroxylation is 1. The third kappa shape index (κ3) is 4.95. The molecule has 0 bridgehead atoms. The minimum atomic E-state index is -0.141. The summed E-state index contributed by atoms with van der Waals surface area (Å²) in [5, 5.41) is 2.92. The molecular formula is C19H21NO2S2. The lowest BCUT2D eigenvalue weighted by Gasteiger charge is -2.21. The molecule has 0 spiro atoms. The molecule has 1 aliphatic rings. The molecule has 1 heterocycles. The van der Waals surface area contributed by atoms with E-state index >= 15 is 0 Å². The standard InChI is InChI=1S/C19H21NO2S2/c1-14-5-2-8-17(11-14)22-13-18(21)20-16-7-3-6-15(12-16)19-23-9-4-10-24-19/h2-3,5-8,11-12,19H,4,9-10,13H2,1H3,(H,20,21). The second-order valence-corrected chi connectivity index (χ2v) is 8.43. The van der Waals surface area contributed by atoms with Gasteiger partial charge in [0.25, 0.3) is 5.91 Å². The van der Waals surface area contributed by atoms with Gasteiger partial charge in [-0.3, -0.25) is 4.79 Å². The number of thioether (sulfide) groups is 2. The van der Waals surface area contributed by atoms with Gasteiger partial charge in [-0.25, -0.2) is 0 Å². The lowest BCUT2D eigenvalue weighted by Crippen LogP contribution is -2.20. The number of hydrogen-bond donors (Lipinski definition) is 1. The van der Waals surface area contributed by atoms with Gasteiger partial charge in [0.15, 0.2) is 6.61 Å². The summed E-state index contributed by atoms with van der Waals surface area (Å²) in [6, 6.07) is 15.8. The van der Waals surface area contributed by atoms with Crippen LogP contribution in [-0.2, 0) is 4.79 Å². The zero-order chi connectivity index (χ0) is 16.8. The Morgan fingerprint density at radius 3 is 2.75 bits per heavy atom. The molecule has 126 valence electrons. The molecule has 1 aliphatic heterocycles. The van der Waals surface area contributed by atoms with Gasteiger partial charge in [-0.05, 0) is 60.2 Å². The van der Waals surface area contributed by atoms with Crippen LogP contribution in [0, 0.1) is 6.92 Å². The minimum Gasteiger partial charge on any atom is -0.484 e. The number of amides is 1. The van der Waals surface area contributed by atoms with E-state index in [0.717, 1.165) is 11.3 Å². The number of nitrogens with one attached hydrogen (secondary N) is 1. The fraction of sp³-hybridized carbons (Fsp3) is 0.316. The molecule has 2 aromatic rings. The first-order chi connectivity index (χ1) is 11.7. The van der Waals surface area contributed by atoms with E-state index in [4.69, 9.17) is 4.74 Å². The average molecular weight is 360 g/mol. The molecule has 1 N–H and O–H groups in total. The first kappa shape index (κ1) is 17.2. The summed E-state index contributed by atoms with van der Waals surface area (Å²) in [5.74, 6) is 2.99. The maximum absolute atomic E-state index is 12.1. The third-order valence-corrected chi connectivity index (χ3v) is 6.64. The van der Waals surface area contributed by atoms with Crippen LogP contribution in [0.25, 0.3) is 0 Å². The van der Waals surface area contributed by atoms with Crippen LogP contribution in [0.15, 0.2) is 48.5 Å². The number of hydrogen-bond acceptors (Lipinski definition) is 4. The van der Waals surface area contributed by atoms with Gasteiger partial charge < -0.3 is 10.1 Å². The van der Waals surface area contributed by atoms with E-state index in [1.807, 2.05) is 66.8 Å². The molecule has 1 fully saturated rings. The van der Waals surface area contributed by atoms with E-state index < -0.39 is 0 Å². The van der Waals surface area contributed by atoms with Crippen LogP contribution in [0.4, 0.5) is 5.69 Å². The molecule has 2 aromatic carbocycles. The second kappa shape index (κ2) is 8.49. The summed E-state index contributed by atoms with van der Waals surface area (Å²) < 4.78 is 6.02. The molecule has 24 heavy (non-hydrogen) atoms. The summed E-state index contributed by atoms with van der Waals surface area (Å²) in [7, 11) is 0. The smallest absolute Gasteiger partial charge is 0.262 e.